The molecule has 19 heavy (non-hydrogen) atoms. The molecule has 0 aliphatic carbocycles. The molecule has 0 saturated carbocycles. The molecule has 0 aromatic heterocycles. The molecule has 1 saturated heterocycles. The molecule has 0 bridgehead atoms. The topological polar surface area (TPSA) is 12.0 Å². The van der Waals surface area contributed by atoms with Crippen molar-refractivity contribution >= 4 is 23.2 Å². The van der Waals surface area contributed by atoms with E-state index in [2.05, 4.69) is 29.6 Å². The van der Waals surface area contributed by atoms with Gasteiger partial charge >= 0.3 is 0 Å². The lowest BCUT2D eigenvalue weighted by atomic mass is 9.88. The van der Waals surface area contributed by atoms with E-state index in [9.17, 15) is 0 Å². The fourth-order valence-electron chi connectivity index (χ4n) is 2.85. The van der Waals surface area contributed by atoms with Crippen molar-refractivity contribution in [1.29, 1.82) is 0 Å². The van der Waals surface area contributed by atoms with Gasteiger partial charge < -0.3 is 5.32 Å². The average molecular weight is 292 g/mol. The van der Waals surface area contributed by atoms with E-state index in [0.29, 0.717) is 12.0 Å². The highest BCUT2D eigenvalue weighted by molar-refractivity contribution is 6.33. The second-order valence-electron chi connectivity index (χ2n) is 4.90. The van der Waals surface area contributed by atoms with Gasteiger partial charge in [0.2, 0.25) is 0 Å². The molecule has 1 heterocycles. The van der Waals surface area contributed by atoms with E-state index >= 15 is 0 Å². The number of rotatable bonds is 2. The molecule has 0 amide bonds. The Balaban J connectivity index is 1.97. The van der Waals surface area contributed by atoms with Gasteiger partial charge in [-0.3, -0.25) is 0 Å². The van der Waals surface area contributed by atoms with Gasteiger partial charge in [-0.05, 0) is 42.3 Å². The predicted octanol–water partition coefficient (Wildman–Crippen LogP) is 4.81. The molecule has 0 spiro atoms. The molecule has 3 heteroatoms. The highest BCUT2D eigenvalue weighted by atomic mass is 35.5. The van der Waals surface area contributed by atoms with Crippen LogP contribution in [-0.2, 0) is 0 Å². The molecular formula is C16H15Cl2N. The largest absolute Gasteiger partial charge is 0.309 e. The Hall–Kier alpha value is -1.02. The van der Waals surface area contributed by atoms with Crippen LogP contribution >= 0.6 is 23.2 Å². The van der Waals surface area contributed by atoms with Gasteiger partial charge in [0.05, 0.1) is 0 Å². The molecule has 2 atom stereocenters. The summed E-state index contributed by atoms with van der Waals surface area (Å²) in [6.07, 6.45) is 1.08. The third kappa shape index (κ3) is 2.64. The van der Waals surface area contributed by atoms with Crippen molar-refractivity contribution in [1.82, 2.24) is 5.32 Å². The molecule has 3 rings (SSSR count). The molecule has 1 aliphatic heterocycles. The maximum Gasteiger partial charge on any atom is 0.0442 e. The second kappa shape index (κ2) is 5.54. The summed E-state index contributed by atoms with van der Waals surface area (Å²) in [5, 5.41) is 5.12. The summed E-state index contributed by atoms with van der Waals surface area (Å²) in [7, 11) is 0. The Kier molecular flexibility index (Phi) is 3.79. The zero-order chi connectivity index (χ0) is 13.2. The third-order valence-corrected chi connectivity index (χ3v) is 4.32. The van der Waals surface area contributed by atoms with E-state index < -0.39 is 0 Å². The van der Waals surface area contributed by atoms with Crippen LogP contribution in [-0.4, -0.2) is 6.54 Å². The van der Waals surface area contributed by atoms with Gasteiger partial charge in [0.25, 0.3) is 0 Å². The van der Waals surface area contributed by atoms with Gasteiger partial charge in [-0.15, -0.1) is 0 Å². The van der Waals surface area contributed by atoms with Gasteiger partial charge in [-0.1, -0.05) is 53.5 Å². The van der Waals surface area contributed by atoms with Crippen molar-refractivity contribution in [2.75, 3.05) is 6.54 Å². The fraction of sp³-hybridized carbons (Fsp3) is 0.250. The van der Waals surface area contributed by atoms with Gasteiger partial charge in [0.1, 0.15) is 0 Å². The van der Waals surface area contributed by atoms with E-state index in [4.69, 9.17) is 23.2 Å². The molecule has 1 nitrogen and oxygen atoms in total. The Bertz CT molecular complexity index is 568. The summed E-state index contributed by atoms with van der Waals surface area (Å²) in [5.74, 6) is 0.383. The fourth-order valence-corrected chi connectivity index (χ4v) is 3.29. The Morgan fingerprint density at radius 3 is 2.58 bits per heavy atom. The van der Waals surface area contributed by atoms with E-state index in [1.165, 1.54) is 5.56 Å². The van der Waals surface area contributed by atoms with E-state index in [0.717, 1.165) is 28.6 Å². The minimum atomic E-state index is 0.317. The average Bonchev–Trinajstić information content (AvgIpc) is 2.91. The molecule has 0 radical (unpaired) electrons. The van der Waals surface area contributed by atoms with Crippen molar-refractivity contribution < 1.29 is 0 Å². The monoisotopic (exact) mass is 291 g/mol. The first-order valence-electron chi connectivity index (χ1n) is 6.49. The predicted molar refractivity (Wildman–Crippen MR) is 81.0 cm³/mol. The van der Waals surface area contributed by atoms with Crippen molar-refractivity contribution in [3.05, 3.63) is 69.7 Å². The van der Waals surface area contributed by atoms with Gasteiger partial charge in [-0.25, -0.2) is 0 Å². The number of halogens is 2. The number of hydrogen-bond donors (Lipinski definition) is 1. The second-order valence-corrected chi connectivity index (χ2v) is 5.75. The maximum absolute atomic E-state index is 6.34. The lowest BCUT2D eigenvalue weighted by Crippen LogP contribution is -2.17. The SMILES string of the molecule is Clc1ccc(Cl)c(C2CCNC2c2ccccc2)c1. The highest BCUT2D eigenvalue weighted by Gasteiger charge is 2.30. The maximum atomic E-state index is 6.34. The summed E-state index contributed by atoms with van der Waals surface area (Å²) in [6.45, 7) is 1.01. The zero-order valence-electron chi connectivity index (χ0n) is 10.4. The van der Waals surface area contributed by atoms with Gasteiger partial charge in [0.15, 0.2) is 0 Å². The summed E-state index contributed by atoms with van der Waals surface area (Å²) in [4.78, 5) is 0. The van der Waals surface area contributed by atoms with E-state index in [1.807, 2.05) is 24.3 Å². The Morgan fingerprint density at radius 1 is 1.00 bits per heavy atom. The summed E-state index contributed by atoms with van der Waals surface area (Å²) < 4.78 is 0. The van der Waals surface area contributed by atoms with Gasteiger partial charge in [0, 0.05) is 22.0 Å². The van der Waals surface area contributed by atoms with Crippen LogP contribution in [0.15, 0.2) is 48.5 Å². The summed E-state index contributed by atoms with van der Waals surface area (Å²) >= 11 is 12.5. The van der Waals surface area contributed by atoms with Crippen molar-refractivity contribution in [3.8, 4) is 0 Å². The Morgan fingerprint density at radius 2 is 1.79 bits per heavy atom. The summed E-state index contributed by atoms with van der Waals surface area (Å²) in [6, 6.07) is 16.6. The highest BCUT2D eigenvalue weighted by Crippen LogP contribution is 2.41. The van der Waals surface area contributed by atoms with Crippen LogP contribution in [0.1, 0.15) is 29.5 Å². The van der Waals surface area contributed by atoms with E-state index in [1.54, 1.807) is 0 Å². The number of nitrogens with one attached hydrogen (secondary N) is 1. The van der Waals surface area contributed by atoms with Crippen molar-refractivity contribution in [2.45, 2.75) is 18.4 Å². The van der Waals surface area contributed by atoms with Crippen LogP contribution < -0.4 is 5.32 Å². The molecule has 1 fully saturated rings. The van der Waals surface area contributed by atoms with Crippen LogP contribution in [0.5, 0.6) is 0 Å². The Labute approximate surface area is 123 Å². The van der Waals surface area contributed by atoms with Crippen LogP contribution in [0.25, 0.3) is 0 Å². The minimum Gasteiger partial charge on any atom is -0.309 e. The minimum absolute atomic E-state index is 0.317. The van der Waals surface area contributed by atoms with Crippen LogP contribution in [0.3, 0.4) is 0 Å². The molecule has 1 N–H and O–H groups in total. The van der Waals surface area contributed by atoms with Crippen LogP contribution in [0.2, 0.25) is 10.0 Å². The summed E-state index contributed by atoms with van der Waals surface area (Å²) in [5.41, 5.74) is 2.45. The van der Waals surface area contributed by atoms with Crippen molar-refractivity contribution in [2.24, 2.45) is 0 Å². The quantitative estimate of drug-likeness (QED) is 0.837. The normalized spacial score (nSPS) is 22.6. The zero-order valence-corrected chi connectivity index (χ0v) is 12.0. The molecule has 1 aliphatic rings. The molecule has 2 unspecified atom stereocenters. The first-order chi connectivity index (χ1) is 9.25. The smallest absolute Gasteiger partial charge is 0.0442 e. The number of benzene rings is 2. The lowest BCUT2D eigenvalue weighted by molar-refractivity contribution is 0.578. The third-order valence-electron chi connectivity index (χ3n) is 3.74. The first kappa shape index (κ1) is 13.0. The van der Waals surface area contributed by atoms with Crippen LogP contribution in [0.4, 0.5) is 0 Å². The first-order valence-corrected chi connectivity index (χ1v) is 7.24. The van der Waals surface area contributed by atoms with Crippen LogP contribution in [0, 0.1) is 0 Å². The van der Waals surface area contributed by atoms with Gasteiger partial charge in [-0.2, -0.15) is 0 Å². The molecular weight excluding hydrogens is 277 g/mol. The van der Waals surface area contributed by atoms with E-state index in [-0.39, 0.29) is 0 Å². The van der Waals surface area contributed by atoms with Crippen molar-refractivity contribution in [3.63, 3.8) is 0 Å². The molecule has 2 aromatic carbocycles. The molecule has 2 aromatic rings. The number of hydrogen-bond acceptors (Lipinski definition) is 1. The molecule has 98 valence electrons. The standard InChI is InChI=1S/C16H15Cl2N/c17-12-6-7-15(18)14(10-12)13-8-9-19-16(13)11-4-2-1-3-5-11/h1-7,10,13,16,19H,8-9H2. The lowest BCUT2D eigenvalue weighted by Gasteiger charge is -2.21.